The van der Waals surface area contributed by atoms with Gasteiger partial charge in [-0.25, -0.2) is 4.98 Å². The lowest BCUT2D eigenvalue weighted by molar-refractivity contribution is -0.145. The van der Waals surface area contributed by atoms with Crippen molar-refractivity contribution in [2.24, 2.45) is 0 Å². The first kappa shape index (κ1) is 17.5. The van der Waals surface area contributed by atoms with Crippen LogP contribution < -0.4 is 0 Å². The normalized spacial score (nSPS) is 15.1. The zero-order chi connectivity index (χ0) is 18.8. The van der Waals surface area contributed by atoms with Gasteiger partial charge in [0.2, 0.25) is 5.91 Å². The van der Waals surface area contributed by atoms with Crippen molar-refractivity contribution in [1.82, 2.24) is 9.88 Å². The molecule has 0 fully saturated rings. The monoisotopic (exact) mass is 364 g/mol. The Kier molecular flexibility index (Phi) is 4.75. The van der Waals surface area contributed by atoms with Crippen LogP contribution in [0.15, 0.2) is 53.1 Å². The van der Waals surface area contributed by atoms with Gasteiger partial charge in [0.25, 0.3) is 0 Å². The molecule has 3 heterocycles. The van der Waals surface area contributed by atoms with E-state index < -0.39 is 6.29 Å². The number of pyridine rings is 1. The number of ether oxygens (including phenoxy) is 2. The number of aromatic nitrogens is 1. The van der Waals surface area contributed by atoms with E-state index in [1.165, 1.54) is 14.2 Å². The molecule has 2 aromatic heterocycles. The molecule has 1 aromatic carbocycles. The van der Waals surface area contributed by atoms with Crippen molar-refractivity contribution in [2.75, 3.05) is 14.2 Å². The number of amides is 1. The zero-order valence-corrected chi connectivity index (χ0v) is 15.2. The van der Waals surface area contributed by atoms with Crippen molar-refractivity contribution in [1.29, 1.82) is 0 Å². The van der Waals surface area contributed by atoms with Crippen molar-refractivity contribution in [3.63, 3.8) is 0 Å². The number of hydrogen-bond acceptors (Lipinski definition) is 5. The predicted molar refractivity (Wildman–Crippen MR) is 101 cm³/mol. The zero-order valence-electron chi connectivity index (χ0n) is 15.2. The van der Waals surface area contributed by atoms with E-state index in [0.717, 1.165) is 27.9 Å². The number of carbonyl (C=O) groups excluding carboxylic acids is 1. The number of methoxy groups -OCH3 is 2. The second-order valence-corrected chi connectivity index (χ2v) is 6.32. The molecule has 0 radical (unpaired) electrons. The van der Waals surface area contributed by atoms with E-state index in [9.17, 15) is 4.79 Å². The molecule has 0 saturated heterocycles. The molecule has 6 heteroatoms. The molecular formula is C21H20N2O4. The number of hydrogen-bond donors (Lipinski definition) is 0. The largest absolute Gasteiger partial charge is 0.465 e. The summed E-state index contributed by atoms with van der Waals surface area (Å²) in [5.74, 6) is 0.573. The van der Waals surface area contributed by atoms with Gasteiger partial charge >= 0.3 is 0 Å². The van der Waals surface area contributed by atoms with Crippen LogP contribution in [0.2, 0.25) is 0 Å². The summed E-state index contributed by atoms with van der Waals surface area (Å²) in [4.78, 5) is 19.5. The summed E-state index contributed by atoms with van der Waals surface area (Å²) < 4.78 is 15.8. The molecule has 6 nitrogen and oxygen atoms in total. The molecular weight excluding hydrogens is 344 g/mol. The van der Waals surface area contributed by atoms with Crippen LogP contribution in [-0.2, 0) is 20.8 Å². The average molecular weight is 364 g/mol. The fourth-order valence-corrected chi connectivity index (χ4v) is 3.28. The van der Waals surface area contributed by atoms with Gasteiger partial charge in [-0.15, -0.1) is 0 Å². The molecule has 1 amide bonds. The molecule has 0 aliphatic carbocycles. The lowest BCUT2D eigenvalue weighted by atomic mass is 10.1. The lowest BCUT2D eigenvalue weighted by Gasteiger charge is -2.20. The Morgan fingerprint density at radius 1 is 1.26 bits per heavy atom. The van der Waals surface area contributed by atoms with Gasteiger partial charge in [0, 0.05) is 31.2 Å². The van der Waals surface area contributed by atoms with E-state index in [-0.39, 0.29) is 12.3 Å². The summed E-state index contributed by atoms with van der Waals surface area (Å²) in [5, 5.41) is 1.05. The summed E-state index contributed by atoms with van der Waals surface area (Å²) in [6, 6.07) is 13.7. The Labute approximate surface area is 157 Å². The number of nitrogens with zero attached hydrogens (tertiary/aromatic N) is 2. The maximum atomic E-state index is 12.9. The highest BCUT2D eigenvalue weighted by Crippen LogP contribution is 2.35. The summed E-state index contributed by atoms with van der Waals surface area (Å²) in [7, 11) is 3.04. The fraction of sp³-hybridized carbons (Fsp3) is 0.238. The third-order valence-electron chi connectivity index (χ3n) is 4.66. The molecule has 138 valence electrons. The fourth-order valence-electron chi connectivity index (χ4n) is 3.28. The van der Waals surface area contributed by atoms with Crippen LogP contribution in [0.1, 0.15) is 23.4 Å². The van der Waals surface area contributed by atoms with Crippen LogP contribution in [0, 0.1) is 0 Å². The Morgan fingerprint density at radius 3 is 2.81 bits per heavy atom. The Morgan fingerprint density at radius 2 is 2.07 bits per heavy atom. The van der Waals surface area contributed by atoms with Gasteiger partial charge in [0.1, 0.15) is 5.76 Å². The number of benzene rings is 1. The van der Waals surface area contributed by atoms with Gasteiger partial charge in [-0.2, -0.15) is 0 Å². The molecule has 1 aliphatic rings. The van der Waals surface area contributed by atoms with Gasteiger partial charge in [-0.05, 0) is 24.3 Å². The predicted octanol–water partition coefficient (Wildman–Crippen LogP) is 3.68. The van der Waals surface area contributed by atoms with Crippen LogP contribution >= 0.6 is 0 Å². The van der Waals surface area contributed by atoms with Crippen LogP contribution in [0.5, 0.6) is 0 Å². The van der Waals surface area contributed by atoms with Gasteiger partial charge in [-0.3, -0.25) is 4.79 Å². The van der Waals surface area contributed by atoms with Gasteiger partial charge in [0.15, 0.2) is 6.29 Å². The summed E-state index contributed by atoms with van der Waals surface area (Å²) in [6.07, 6.45) is 2.99. The minimum atomic E-state index is -0.585. The van der Waals surface area contributed by atoms with E-state index in [0.29, 0.717) is 12.3 Å². The van der Waals surface area contributed by atoms with Gasteiger partial charge < -0.3 is 18.8 Å². The Balaban J connectivity index is 1.77. The third-order valence-corrected chi connectivity index (χ3v) is 4.66. The van der Waals surface area contributed by atoms with Crippen LogP contribution in [-0.4, -0.2) is 36.3 Å². The maximum Gasteiger partial charge on any atom is 0.232 e. The second-order valence-electron chi connectivity index (χ2n) is 6.32. The van der Waals surface area contributed by atoms with Crippen LogP contribution in [0.4, 0.5) is 0 Å². The number of rotatable bonds is 5. The minimum Gasteiger partial charge on any atom is -0.465 e. The molecule has 0 bridgehead atoms. The average Bonchev–Trinajstić information content (AvgIpc) is 3.33. The topological polar surface area (TPSA) is 64.8 Å². The third kappa shape index (κ3) is 3.37. The Hall–Kier alpha value is -2.96. The van der Waals surface area contributed by atoms with Crippen molar-refractivity contribution >= 4 is 28.6 Å². The number of carbonyl (C=O) groups is 1. The van der Waals surface area contributed by atoms with Crippen molar-refractivity contribution < 1.29 is 18.7 Å². The molecule has 0 spiro atoms. The lowest BCUT2D eigenvalue weighted by Crippen LogP contribution is -2.29. The first-order chi connectivity index (χ1) is 13.2. The minimum absolute atomic E-state index is 0.0939. The molecule has 3 aromatic rings. The van der Waals surface area contributed by atoms with E-state index in [1.807, 2.05) is 42.5 Å². The maximum absolute atomic E-state index is 12.9. The van der Waals surface area contributed by atoms with E-state index >= 15 is 0 Å². The van der Waals surface area contributed by atoms with Crippen molar-refractivity contribution in [2.45, 2.75) is 19.3 Å². The van der Waals surface area contributed by atoms with Gasteiger partial charge in [-0.1, -0.05) is 18.2 Å². The number of fused-ring (bicyclic) bond motifs is 2. The molecule has 0 atom stereocenters. The first-order valence-corrected chi connectivity index (χ1v) is 8.70. The quantitative estimate of drug-likeness (QED) is 0.646. The van der Waals surface area contributed by atoms with E-state index in [4.69, 9.17) is 18.9 Å². The summed E-state index contributed by atoms with van der Waals surface area (Å²) in [5.41, 5.74) is 3.42. The molecule has 27 heavy (non-hydrogen) atoms. The molecule has 0 saturated carbocycles. The number of furan rings is 1. The summed E-state index contributed by atoms with van der Waals surface area (Å²) >= 11 is 0. The van der Waals surface area contributed by atoms with Gasteiger partial charge in [0.05, 0.1) is 36.1 Å². The molecule has 0 N–H and O–H groups in total. The SMILES string of the molecule is COC(CC(=O)N1Cc2cc3ccccc3nc2C1=Cc1ccco1)OC. The highest BCUT2D eigenvalue weighted by molar-refractivity contribution is 5.96. The molecule has 1 aliphatic heterocycles. The molecule has 0 unspecified atom stereocenters. The van der Waals surface area contributed by atoms with E-state index in [1.54, 1.807) is 11.2 Å². The number of para-hydroxylation sites is 1. The highest BCUT2D eigenvalue weighted by atomic mass is 16.7. The highest BCUT2D eigenvalue weighted by Gasteiger charge is 2.32. The standard InChI is InChI=1S/C21H20N2O4/c1-25-20(26-2)12-19(24)23-13-15-10-14-6-3-4-8-17(14)22-21(15)18(23)11-16-7-5-9-27-16/h3-11,20H,12-13H2,1-2H3. The van der Waals surface area contributed by atoms with Crippen LogP contribution in [0.25, 0.3) is 22.7 Å². The molecule has 4 rings (SSSR count). The van der Waals surface area contributed by atoms with E-state index in [2.05, 4.69) is 6.07 Å². The van der Waals surface area contributed by atoms with Crippen molar-refractivity contribution in [3.8, 4) is 0 Å². The summed E-state index contributed by atoms with van der Waals surface area (Å²) in [6.45, 7) is 0.457. The smallest absolute Gasteiger partial charge is 0.232 e. The second kappa shape index (κ2) is 7.34. The Bertz CT molecular complexity index is 991. The van der Waals surface area contributed by atoms with Crippen molar-refractivity contribution in [3.05, 3.63) is 65.7 Å². The first-order valence-electron chi connectivity index (χ1n) is 8.70. The van der Waals surface area contributed by atoms with Crippen LogP contribution in [0.3, 0.4) is 0 Å².